The molecule has 2 saturated heterocycles. The van der Waals surface area contributed by atoms with Crippen molar-refractivity contribution in [3.05, 3.63) is 35.9 Å². The Bertz CT molecular complexity index is 557. The van der Waals surface area contributed by atoms with Crippen molar-refractivity contribution in [1.82, 2.24) is 9.80 Å². The minimum Gasteiger partial charge on any atom is -0.375 e. The normalized spacial score (nSPS) is 23.8. The number of hydrogen-bond acceptors (Lipinski definition) is 3. The zero-order chi connectivity index (χ0) is 17.1. The second-order valence-corrected chi connectivity index (χ2v) is 7.90. The monoisotopic (exact) mass is 342 g/mol. The fraction of sp³-hybridized carbons (Fsp3) is 0.667. The third-order valence-electron chi connectivity index (χ3n) is 5.85. The van der Waals surface area contributed by atoms with Crippen molar-refractivity contribution in [3.8, 4) is 0 Å². The van der Waals surface area contributed by atoms with Crippen LogP contribution in [0, 0.1) is 5.92 Å². The molecule has 2 aliphatic heterocycles. The maximum Gasteiger partial charge on any atom is 0.225 e. The summed E-state index contributed by atoms with van der Waals surface area (Å²) in [6.07, 6.45) is 7.28. The number of nitrogens with zero attached hydrogens (tertiary/aromatic N) is 2. The number of piperidine rings is 2. The maximum atomic E-state index is 12.1. The van der Waals surface area contributed by atoms with Crippen molar-refractivity contribution in [3.63, 3.8) is 0 Å². The first-order valence-corrected chi connectivity index (χ1v) is 9.98. The molecule has 0 unspecified atom stereocenters. The Labute approximate surface area is 151 Å². The van der Waals surface area contributed by atoms with Crippen LogP contribution in [0.5, 0.6) is 0 Å². The van der Waals surface area contributed by atoms with E-state index in [1.807, 2.05) is 0 Å². The Kier molecular flexibility index (Phi) is 5.37. The summed E-state index contributed by atoms with van der Waals surface area (Å²) in [6, 6.07) is 10.7. The van der Waals surface area contributed by atoms with Gasteiger partial charge >= 0.3 is 0 Å². The maximum absolute atomic E-state index is 12.1. The van der Waals surface area contributed by atoms with E-state index in [1.54, 1.807) is 0 Å². The first-order chi connectivity index (χ1) is 12.3. The Hall–Kier alpha value is -1.39. The number of hydrogen-bond donors (Lipinski definition) is 0. The van der Waals surface area contributed by atoms with E-state index >= 15 is 0 Å². The Balaban J connectivity index is 1.16. The van der Waals surface area contributed by atoms with Crippen LogP contribution in [0.1, 0.15) is 44.1 Å². The molecule has 0 bridgehead atoms. The van der Waals surface area contributed by atoms with Gasteiger partial charge in [-0.1, -0.05) is 30.3 Å². The summed E-state index contributed by atoms with van der Waals surface area (Å²) >= 11 is 0. The van der Waals surface area contributed by atoms with Gasteiger partial charge in [0.1, 0.15) is 0 Å². The lowest BCUT2D eigenvalue weighted by molar-refractivity contribution is -0.136. The van der Waals surface area contributed by atoms with Gasteiger partial charge in [-0.3, -0.25) is 9.69 Å². The molecule has 25 heavy (non-hydrogen) atoms. The summed E-state index contributed by atoms with van der Waals surface area (Å²) in [4.78, 5) is 16.7. The molecular formula is C21H30N2O2. The molecule has 1 aromatic carbocycles. The van der Waals surface area contributed by atoms with Gasteiger partial charge in [0.25, 0.3) is 0 Å². The summed E-state index contributed by atoms with van der Waals surface area (Å²) in [6.45, 7) is 5.09. The van der Waals surface area contributed by atoms with Crippen LogP contribution >= 0.6 is 0 Å². The minimum atomic E-state index is 0.353. The van der Waals surface area contributed by atoms with Crippen molar-refractivity contribution in [2.24, 2.45) is 5.92 Å². The summed E-state index contributed by atoms with van der Waals surface area (Å²) < 4.78 is 6.37. The molecule has 1 saturated carbocycles. The number of benzene rings is 1. The van der Waals surface area contributed by atoms with Crippen molar-refractivity contribution >= 4 is 5.91 Å². The van der Waals surface area contributed by atoms with Crippen LogP contribution in [0.3, 0.4) is 0 Å². The molecule has 0 N–H and O–H groups in total. The molecule has 3 fully saturated rings. The summed E-state index contributed by atoms with van der Waals surface area (Å²) in [7, 11) is 0. The number of ether oxygens (including phenoxy) is 1. The molecule has 0 radical (unpaired) electrons. The molecule has 4 heteroatoms. The molecule has 2 heterocycles. The number of carbonyl (C=O) groups is 1. The van der Waals surface area contributed by atoms with Crippen molar-refractivity contribution in [2.45, 2.75) is 57.3 Å². The predicted molar refractivity (Wildman–Crippen MR) is 98.2 cm³/mol. The highest BCUT2D eigenvalue weighted by Gasteiger charge is 2.35. The second kappa shape index (κ2) is 7.88. The Morgan fingerprint density at radius 1 is 0.880 bits per heavy atom. The highest BCUT2D eigenvalue weighted by molar-refractivity contribution is 5.81. The van der Waals surface area contributed by atoms with Gasteiger partial charge in [-0.05, 0) is 44.1 Å². The molecule has 136 valence electrons. The molecule has 4 nitrogen and oxygen atoms in total. The van der Waals surface area contributed by atoms with E-state index in [0.717, 1.165) is 71.2 Å². The summed E-state index contributed by atoms with van der Waals surface area (Å²) in [5.74, 6) is 0.749. The molecular weight excluding hydrogens is 312 g/mol. The van der Waals surface area contributed by atoms with Gasteiger partial charge < -0.3 is 9.64 Å². The van der Waals surface area contributed by atoms with Crippen molar-refractivity contribution in [2.75, 3.05) is 26.2 Å². The molecule has 4 rings (SSSR count). The zero-order valence-electron chi connectivity index (χ0n) is 15.1. The number of likely N-dealkylation sites (tertiary alicyclic amines) is 2. The van der Waals surface area contributed by atoms with Crippen LogP contribution in [0.2, 0.25) is 0 Å². The predicted octanol–water partition coefficient (Wildman–Crippen LogP) is 3.07. The van der Waals surface area contributed by atoms with Gasteiger partial charge in [-0.15, -0.1) is 0 Å². The van der Waals surface area contributed by atoms with Gasteiger partial charge in [0.15, 0.2) is 0 Å². The quantitative estimate of drug-likeness (QED) is 0.824. The molecule has 1 aliphatic carbocycles. The van der Waals surface area contributed by atoms with Crippen LogP contribution in [0.25, 0.3) is 0 Å². The Morgan fingerprint density at radius 3 is 2.08 bits per heavy atom. The molecule has 1 amide bonds. The summed E-state index contributed by atoms with van der Waals surface area (Å²) in [5, 5.41) is 0. The van der Waals surface area contributed by atoms with Gasteiger partial charge in [-0.25, -0.2) is 0 Å². The van der Waals surface area contributed by atoms with E-state index in [-0.39, 0.29) is 0 Å². The van der Waals surface area contributed by atoms with Gasteiger partial charge in [0.2, 0.25) is 5.91 Å². The lowest BCUT2D eigenvalue weighted by Gasteiger charge is -2.37. The third kappa shape index (κ3) is 4.62. The van der Waals surface area contributed by atoms with Gasteiger partial charge in [0, 0.05) is 38.6 Å². The highest BCUT2D eigenvalue weighted by Crippen LogP contribution is 2.32. The number of rotatable bonds is 5. The van der Waals surface area contributed by atoms with Crippen molar-refractivity contribution in [1.29, 1.82) is 0 Å². The smallest absolute Gasteiger partial charge is 0.225 e. The number of carbonyl (C=O) groups excluding carboxylic acids is 1. The standard InChI is InChI=1S/C21H30N2O2/c24-21(18-6-7-18)23-14-10-20(11-15-23)25-19-8-12-22(13-9-19)16-17-4-2-1-3-5-17/h1-5,18-20H,6-16H2. The zero-order valence-corrected chi connectivity index (χ0v) is 15.1. The summed E-state index contributed by atoms with van der Waals surface area (Å²) in [5.41, 5.74) is 1.40. The van der Waals surface area contributed by atoms with E-state index in [2.05, 4.69) is 40.1 Å². The molecule has 0 aromatic heterocycles. The van der Waals surface area contributed by atoms with Crippen LogP contribution in [0.4, 0.5) is 0 Å². The van der Waals surface area contributed by atoms with Gasteiger partial charge in [0.05, 0.1) is 12.2 Å². The molecule has 0 atom stereocenters. The lowest BCUT2D eigenvalue weighted by Crippen LogP contribution is -2.44. The van der Waals surface area contributed by atoms with E-state index in [1.165, 1.54) is 5.56 Å². The van der Waals surface area contributed by atoms with Crippen molar-refractivity contribution < 1.29 is 9.53 Å². The van der Waals surface area contributed by atoms with E-state index in [4.69, 9.17) is 4.74 Å². The SMILES string of the molecule is O=C(C1CC1)N1CCC(OC2CCN(Cc3ccccc3)CC2)CC1. The first kappa shape index (κ1) is 17.0. The van der Waals surface area contributed by atoms with E-state index in [0.29, 0.717) is 24.0 Å². The fourth-order valence-corrected chi connectivity index (χ4v) is 4.12. The van der Waals surface area contributed by atoms with Crippen LogP contribution in [-0.2, 0) is 16.1 Å². The van der Waals surface area contributed by atoms with Gasteiger partial charge in [-0.2, -0.15) is 0 Å². The average molecular weight is 342 g/mol. The van der Waals surface area contributed by atoms with Crippen LogP contribution in [-0.4, -0.2) is 54.1 Å². The third-order valence-corrected chi connectivity index (χ3v) is 5.85. The van der Waals surface area contributed by atoms with E-state index in [9.17, 15) is 4.79 Å². The second-order valence-electron chi connectivity index (χ2n) is 7.90. The van der Waals surface area contributed by atoms with E-state index < -0.39 is 0 Å². The molecule has 0 spiro atoms. The van der Waals surface area contributed by atoms with Crippen LogP contribution < -0.4 is 0 Å². The Morgan fingerprint density at radius 2 is 1.48 bits per heavy atom. The largest absolute Gasteiger partial charge is 0.375 e. The molecule has 3 aliphatic rings. The highest BCUT2D eigenvalue weighted by atomic mass is 16.5. The fourth-order valence-electron chi connectivity index (χ4n) is 4.12. The average Bonchev–Trinajstić information content (AvgIpc) is 3.50. The molecule has 1 aromatic rings. The number of amides is 1. The lowest BCUT2D eigenvalue weighted by atomic mass is 10.0. The topological polar surface area (TPSA) is 32.8 Å². The van der Waals surface area contributed by atoms with Crippen LogP contribution in [0.15, 0.2) is 30.3 Å². The minimum absolute atomic E-state index is 0.353. The first-order valence-electron chi connectivity index (χ1n) is 9.98.